The molecular weight excluding hydrogens is 249 g/mol. The van der Waals surface area contributed by atoms with Gasteiger partial charge in [-0.05, 0) is 30.7 Å². The van der Waals surface area contributed by atoms with Crippen molar-refractivity contribution in [3.63, 3.8) is 0 Å². The number of aliphatic carboxylic acids is 1. The summed E-state index contributed by atoms with van der Waals surface area (Å²) in [7, 11) is -3.78. The van der Waals surface area contributed by atoms with Crippen LogP contribution >= 0.6 is 0 Å². The van der Waals surface area contributed by atoms with Crippen LogP contribution in [0.25, 0.3) is 0 Å². The third-order valence-electron chi connectivity index (χ3n) is 2.06. The highest BCUT2D eigenvalue weighted by molar-refractivity contribution is 7.89. The number of sulfonamides is 1. The van der Waals surface area contributed by atoms with Crippen molar-refractivity contribution >= 4 is 16.0 Å². The van der Waals surface area contributed by atoms with Crippen LogP contribution in [-0.4, -0.2) is 26.0 Å². The van der Waals surface area contributed by atoms with E-state index >= 15 is 0 Å². The predicted molar refractivity (Wildman–Crippen MR) is 58.6 cm³/mol. The summed E-state index contributed by atoms with van der Waals surface area (Å²) in [5.74, 6) is -1.62. The van der Waals surface area contributed by atoms with Gasteiger partial charge in [0.2, 0.25) is 10.0 Å². The lowest BCUT2D eigenvalue weighted by atomic mass is 10.2. The van der Waals surface area contributed by atoms with E-state index in [-0.39, 0.29) is 23.4 Å². The summed E-state index contributed by atoms with van der Waals surface area (Å²) in [4.78, 5) is 10.2. The zero-order chi connectivity index (χ0) is 13.1. The minimum atomic E-state index is -3.78. The maximum absolute atomic E-state index is 12.8. The van der Waals surface area contributed by atoms with Crippen molar-refractivity contribution < 1.29 is 22.7 Å². The Hall–Kier alpha value is -1.47. The van der Waals surface area contributed by atoms with E-state index in [9.17, 15) is 17.6 Å². The molecule has 0 aliphatic rings. The monoisotopic (exact) mass is 261 g/mol. The molecule has 0 heterocycles. The molecular formula is C10H12FNO4S. The number of carboxylic acid groups (broad SMARTS) is 1. The largest absolute Gasteiger partial charge is 0.481 e. The van der Waals surface area contributed by atoms with E-state index in [1.165, 1.54) is 6.92 Å². The lowest BCUT2D eigenvalue weighted by Crippen LogP contribution is -2.26. The summed E-state index contributed by atoms with van der Waals surface area (Å²) in [6.07, 6.45) is -0.306. The van der Waals surface area contributed by atoms with Crippen LogP contribution in [0.1, 0.15) is 12.0 Å². The second-order valence-corrected chi connectivity index (χ2v) is 5.19. The van der Waals surface area contributed by atoms with Gasteiger partial charge in [0.15, 0.2) is 0 Å². The lowest BCUT2D eigenvalue weighted by Gasteiger charge is -2.08. The minimum absolute atomic E-state index is 0.0516. The first kappa shape index (κ1) is 13.6. The van der Waals surface area contributed by atoms with E-state index in [2.05, 4.69) is 4.72 Å². The number of rotatable bonds is 5. The second-order valence-electron chi connectivity index (χ2n) is 3.45. The Labute approximate surface area is 98.3 Å². The quantitative estimate of drug-likeness (QED) is 0.824. The fourth-order valence-electron chi connectivity index (χ4n) is 1.28. The zero-order valence-corrected chi connectivity index (χ0v) is 9.92. The summed E-state index contributed by atoms with van der Waals surface area (Å²) in [6, 6.07) is 3.29. The molecule has 0 spiro atoms. The fraction of sp³-hybridized carbons (Fsp3) is 0.300. The second kappa shape index (κ2) is 5.24. The predicted octanol–water partition coefficient (Wildman–Crippen LogP) is 0.887. The molecule has 0 saturated heterocycles. The van der Waals surface area contributed by atoms with Crippen molar-refractivity contribution in [1.29, 1.82) is 0 Å². The van der Waals surface area contributed by atoms with Crippen molar-refractivity contribution in [3.05, 3.63) is 29.6 Å². The Bertz CT molecular complexity index is 527. The molecule has 0 amide bonds. The minimum Gasteiger partial charge on any atom is -0.481 e. The van der Waals surface area contributed by atoms with Crippen LogP contribution in [0.15, 0.2) is 23.1 Å². The molecule has 2 N–H and O–H groups in total. The van der Waals surface area contributed by atoms with Crippen LogP contribution in [0, 0.1) is 12.7 Å². The number of halogens is 1. The van der Waals surface area contributed by atoms with E-state index in [1.54, 1.807) is 0 Å². The highest BCUT2D eigenvalue weighted by atomic mass is 32.2. The first-order valence-electron chi connectivity index (χ1n) is 4.80. The first-order chi connectivity index (χ1) is 7.83. The summed E-state index contributed by atoms with van der Waals surface area (Å²) in [5.41, 5.74) is 0.271. The molecule has 0 unspecified atom stereocenters. The van der Waals surface area contributed by atoms with Gasteiger partial charge in [-0.15, -0.1) is 0 Å². The molecule has 0 aliphatic carbocycles. The van der Waals surface area contributed by atoms with Gasteiger partial charge in [0.05, 0.1) is 11.3 Å². The van der Waals surface area contributed by atoms with E-state index in [0.29, 0.717) is 0 Å². The average Bonchev–Trinajstić information content (AvgIpc) is 2.15. The van der Waals surface area contributed by atoms with Gasteiger partial charge in [-0.1, -0.05) is 0 Å². The molecule has 0 aromatic heterocycles. The molecule has 1 aromatic carbocycles. The van der Waals surface area contributed by atoms with Crippen LogP contribution in [0.4, 0.5) is 4.39 Å². The molecule has 0 radical (unpaired) electrons. The molecule has 0 aliphatic heterocycles. The van der Waals surface area contributed by atoms with Gasteiger partial charge in [0.1, 0.15) is 5.82 Å². The molecule has 5 nitrogen and oxygen atoms in total. The van der Waals surface area contributed by atoms with Gasteiger partial charge in [0, 0.05) is 6.54 Å². The molecule has 0 atom stereocenters. The lowest BCUT2D eigenvalue weighted by molar-refractivity contribution is -0.136. The molecule has 0 bridgehead atoms. The number of nitrogens with one attached hydrogen (secondary N) is 1. The summed E-state index contributed by atoms with van der Waals surface area (Å²) < 4.78 is 38.4. The fourth-order valence-corrected chi connectivity index (χ4v) is 2.54. The number of hydrogen-bond acceptors (Lipinski definition) is 3. The molecule has 1 rings (SSSR count). The van der Waals surface area contributed by atoms with E-state index < -0.39 is 21.8 Å². The number of carboxylic acids is 1. The van der Waals surface area contributed by atoms with Crippen molar-refractivity contribution in [2.24, 2.45) is 0 Å². The van der Waals surface area contributed by atoms with Gasteiger partial charge >= 0.3 is 5.97 Å². The van der Waals surface area contributed by atoms with E-state index in [4.69, 9.17) is 5.11 Å². The van der Waals surface area contributed by atoms with Crippen molar-refractivity contribution in [2.45, 2.75) is 18.2 Å². The number of carbonyl (C=O) groups is 1. The molecule has 0 saturated carbocycles. The highest BCUT2D eigenvalue weighted by Crippen LogP contribution is 2.15. The van der Waals surface area contributed by atoms with E-state index in [0.717, 1.165) is 18.2 Å². The Kier molecular flexibility index (Phi) is 4.19. The maximum atomic E-state index is 12.8. The van der Waals surface area contributed by atoms with Gasteiger partial charge in [0.25, 0.3) is 0 Å². The van der Waals surface area contributed by atoms with Crippen LogP contribution < -0.4 is 4.72 Å². The van der Waals surface area contributed by atoms with Crippen molar-refractivity contribution in [3.8, 4) is 0 Å². The normalized spacial score (nSPS) is 11.4. The van der Waals surface area contributed by atoms with Crippen molar-refractivity contribution in [2.75, 3.05) is 6.54 Å². The van der Waals surface area contributed by atoms with Crippen molar-refractivity contribution in [1.82, 2.24) is 4.72 Å². The Morgan fingerprint density at radius 3 is 2.65 bits per heavy atom. The third-order valence-corrected chi connectivity index (χ3v) is 3.68. The smallest absolute Gasteiger partial charge is 0.304 e. The topological polar surface area (TPSA) is 83.5 Å². The average molecular weight is 261 g/mol. The summed E-state index contributed by atoms with van der Waals surface area (Å²) in [5, 5.41) is 8.39. The first-order valence-corrected chi connectivity index (χ1v) is 6.29. The summed E-state index contributed by atoms with van der Waals surface area (Å²) in [6.45, 7) is 1.27. The van der Waals surface area contributed by atoms with Gasteiger partial charge in [-0.2, -0.15) is 0 Å². The maximum Gasteiger partial charge on any atom is 0.304 e. The van der Waals surface area contributed by atoms with Gasteiger partial charge in [-0.25, -0.2) is 17.5 Å². The number of benzene rings is 1. The number of hydrogen-bond donors (Lipinski definition) is 2. The summed E-state index contributed by atoms with van der Waals surface area (Å²) >= 11 is 0. The van der Waals surface area contributed by atoms with Gasteiger partial charge < -0.3 is 5.11 Å². The number of aryl methyl sites for hydroxylation is 1. The highest BCUT2D eigenvalue weighted by Gasteiger charge is 2.16. The molecule has 7 heteroatoms. The molecule has 17 heavy (non-hydrogen) atoms. The standard InChI is InChI=1S/C10H12FNO4S/c1-7-6-8(11)2-3-9(7)17(15,16)12-5-4-10(13)14/h2-3,6,12H,4-5H2,1H3,(H,13,14). The van der Waals surface area contributed by atoms with Gasteiger partial charge in [-0.3, -0.25) is 4.79 Å². The zero-order valence-electron chi connectivity index (χ0n) is 9.10. The Morgan fingerprint density at radius 2 is 2.12 bits per heavy atom. The van der Waals surface area contributed by atoms with Crippen LogP contribution in [0.3, 0.4) is 0 Å². The van der Waals surface area contributed by atoms with Crippen LogP contribution in [0.5, 0.6) is 0 Å². The molecule has 1 aromatic rings. The third kappa shape index (κ3) is 3.79. The van der Waals surface area contributed by atoms with Crippen LogP contribution in [-0.2, 0) is 14.8 Å². The Morgan fingerprint density at radius 1 is 1.47 bits per heavy atom. The Balaban J connectivity index is 2.86. The van der Waals surface area contributed by atoms with E-state index in [1.807, 2.05) is 0 Å². The van der Waals surface area contributed by atoms with Crippen LogP contribution in [0.2, 0.25) is 0 Å². The molecule has 0 fully saturated rings. The molecule has 94 valence electrons. The SMILES string of the molecule is Cc1cc(F)ccc1S(=O)(=O)NCCC(=O)O.